The maximum atomic E-state index is 13.4. The van der Waals surface area contributed by atoms with Gasteiger partial charge in [-0.25, -0.2) is 0 Å². The first-order chi connectivity index (χ1) is 12.5. The van der Waals surface area contributed by atoms with E-state index in [9.17, 15) is 4.79 Å². The van der Waals surface area contributed by atoms with E-state index in [0.29, 0.717) is 28.1 Å². The summed E-state index contributed by atoms with van der Waals surface area (Å²) in [6.45, 7) is 2.29. The summed E-state index contributed by atoms with van der Waals surface area (Å²) in [5.41, 5.74) is 2.92. The predicted octanol–water partition coefficient (Wildman–Crippen LogP) is 5.40. The number of hydrogen-bond acceptors (Lipinski definition) is 4. The van der Waals surface area contributed by atoms with Gasteiger partial charge in [-0.3, -0.25) is 4.79 Å². The molecule has 4 rings (SSSR count). The Bertz CT molecular complexity index is 699. The zero-order chi connectivity index (χ0) is 18.5. The molecule has 1 unspecified atom stereocenters. The Balaban J connectivity index is 1.65. The Morgan fingerprint density at radius 1 is 1.23 bits per heavy atom. The van der Waals surface area contributed by atoms with Crippen LogP contribution in [0, 0.1) is 23.2 Å². The molecule has 0 aromatic heterocycles. The zero-order valence-corrected chi connectivity index (χ0v) is 17.9. The van der Waals surface area contributed by atoms with Crippen LogP contribution in [-0.4, -0.2) is 30.0 Å². The van der Waals surface area contributed by atoms with Crippen molar-refractivity contribution in [2.75, 3.05) is 19.6 Å². The molecule has 1 aromatic rings. The number of ketones is 1. The number of benzene rings is 1. The van der Waals surface area contributed by atoms with Crippen LogP contribution in [0.4, 0.5) is 0 Å². The molecule has 5 atom stereocenters. The highest BCUT2D eigenvalue weighted by atomic mass is 32.2. The van der Waals surface area contributed by atoms with Crippen LogP contribution < -0.4 is 4.74 Å². The average Bonchev–Trinajstić information content (AvgIpc) is 2.94. The lowest BCUT2D eigenvalue weighted by Crippen LogP contribution is -2.42. The number of rotatable bonds is 4. The van der Waals surface area contributed by atoms with Gasteiger partial charge in [0.25, 0.3) is 0 Å². The van der Waals surface area contributed by atoms with E-state index >= 15 is 0 Å². The van der Waals surface area contributed by atoms with Gasteiger partial charge in [0.2, 0.25) is 0 Å². The lowest BCUT2D eigenvalue weighted by atomic mass is 9.55. The Labute approximate surface area is 166 Å². The Kier molecular flexibility index (Phi) is 5.11. The number of carbonyl (C=O) groups is 1. The highest BCUT2D eigenvalue weighted by Crippen LogP contribution is 2.62. The number of aryl methyl sites for hydroxylation is 1. The predicted molar refractivity (Wildman–Crippen MR) is 112 cm³/mol. The summed E-state index contributed by atoms with van der Waals surface area (Å²) in [7, 11) is 1.75. The van der Waals surface area contributed by atoms with Crippen molar-refractivity contribution in [1.82, 2.24) is 0 Å². The van der Waals surface area contributed by atoms with Crippen molar-refractivity contribution in [2.45, 2.75) is 49.5 Å². The molecule has 0 N–H and O–H groups in total. The van der Waals surface area contributed by atoms with E-state index in [1.165, 1.54) is 24.0 Å². The first-order valence-electron chi connectivity index (χ1n) is 9.80. The van der Waals surface area contributed by atoms with Gasteiger partial charge in [0, 0.05) is 11.3 Å². The molecule has 0 heterocycles. The molecular formula is C22H30O2S2. The molecule has 2 fully saturated rings. The van der Waals surface area contributed by atoms with Crippen molar-refractivity contribution in [3.8, 4) is 5.75 Å². The third kappa shape index (κ3) is 2.74. The molecule has 2 nitrogen and oxygen atoms in total. The molecular weight excluding hydrogens is 360 g/mol. The molecule has 26 heavy (non-hydrogen) atoms. The van der Waals surface area contributed by atoms with Crippen LogP contribution in [0.25, 0.3) is 0 Å². The Hall–Kier alpha value is -0.610. The molecule has 0 aliphatic heterocycles. The minimum atomic E-state index is -0.0838. The molecule has 3 aliphatic rings. The van der Waals surface area contributed by atoms with Crippen molar-refractivity contribution < 1.29 is 9.53 Å². The molecule has 0 spiro atoms. The topological polar surface area (TPSA) is 26.3 Å². The molecule has 0 bridgehead atoms. The molecule has 3 aliphatic carbocycles. The molecule has 1 aromatic carbocycles. The van der Waals surface area contributed by atoms with Crippen LogP contribution in [0.2, 0.25) is 0 Å². The smallest absolute Gasteiger partial charge is 0.144 e. The fourth-order valence-corrected chi connectivity index (χ4v) is 8.11. The molecule has 0 radical (unpaired) electrons. The van der Waals surface area contributed by atoms with Crippen LogP contribution >= 0.6 is 23.5 Å². The highest BCUT2D eigenvalue weighted by molar-refractivity contribution is 8.16. The number of ether oxygens (including phenoxy) is 1. The Morgan fingerprint density at radius 3 is 2.69 bits per heavy atom. The third-order valence-electron chi connectivity index (χ3n) is 7.52. The van der Waals surface area contributed by atoms with Gasteiger partial charge in [0.1, 0.15) is 11.5 Å². The second kappa shape index (κ2) is 7.09. The average molecular weight is 391 g/mol. The SMILES string of the molecule is COc1ccc2c(c1)CC[C@@H]1[C@@H]2CC[C@]2(C)C(=O)C(C(SC)SC)C[C@@H]12. The van der Waals surface area contributed by atoms with Crippen molar-refractivity contribution in [2.24, 2.45) is 23.2 Å². The van der Waals surface area contributed by atoms with E-state index in [-0.39, 0.29) is 11.3 Å². The standard InChI is InChI=1S/C22H30O2S2/c1-22-10-9-16-15-8-6-14(24-2)11-13(15)5-7-17(16)19(22)12-18(20(22)23)21(25-3)26-4/h6,8,11,16-19,21H,5,7,9-10,12H2,1-4H3/t16-,17-,18?,19+,22+/m1/s1. The van der Waals surface area contributed by atoms with E-state index < -0.39 is 0 Å². The second-order valence-corrected chi connectivity index (χ2v) is 10.7. The maximum absolute atomic E-state index is 13.4. The van der Waals surface area contributed by atoms with Crippen LogP contribution in [-0.2, 0) is 11.2 Å². The first-order valence-corrected chi connectivity index (χ1v) is 12.4. The fraction of sp³-hybridized carbons (Fsp3) is 0.682. The van der Waals surface area contributed by atoms with Crippen molar-refractivity contribution in [1.29, 1.82) is 0 Å². The summed E-state index contributed by atoms with van der Waals surface area (Å²) < 4.78 is 5.85. The van der Waals surface area contributed by atoms with Gasteiger partial charge < -0.3 is 4.74 Å². The van der Waals surface area contributed by atoms with Crippen molar-refractivity contribution in [3.05, 3.63) is 29.3 Å². The van der Waals surface area contributed by atoms with E-state index in [2.05, 4.69) is 37.6 Å². The first kappa shape index (κ1) is 18.7. The van der Waals surface area contributed by atoms with Crippen LogP contribution in [0.15, 0.2) is 18.2 Å². The van der Waals surface area contributed by atoms with Crippen LogP contribution in [0.3, 0.4) is 0 Å². The van der Waals surface area contributed by atoms with E-state index in [4.69, 9.17) is 4.74 Å². The Morgan fingerprint density at radius 2 is 2.00 bits per heavy atom. The normalized spacial score (nSPS) is 35.8. The molecule has 0 saturated heterocycles. The number of fused-ring (bicyclic) bond motifs is 5. The van der Waals surface area contributed by atoms with Gasteiger partial charge in [-0.1, -0.05) is 13.0 Å². The number of carbonyl (C=O) groups excluding carboxylic acids is 1. The summed E-state index contributed by atoms with van der Waals surface area (Å²) >= 11 is 3.73. The number of Topliss-reactive ketones (excluding diaryl/α,β-unsaturated/α-hetero) is 1. The lowest BCUT2D eigenvalue weighted by molar-refractivity contribution is -0.131. The zero-order valence-electron chi connectivity index (χ0n) is 16.3. The van der Waals surface area contributed by atoms with E-state index in [1.807, 2.05) is 23.5 Å². The number of methoxy groups -OCH3 is 1. The molecule has 0 amide bonds. The summed E-state index contributed by atoms with van der Waals surface area (Å²) in [5, 5.41) is 0. The third-order valence-corrected chi connectivity index (χ3v) is 10.3. The summed E-state index contributed by atoms with van der Waals surface area (Å²) in [6, 6.07) is 6.66. The van der Waals surface area contributed by atoms with E-state index in [1.54, 1.807) is 7.11 Å². The molecule has 142 valence electrons. The number of thioether (sulfide) groups is 2. The second-order valence-electron chi connectivity index (χ2n) is 8.48. The summed E-state index contributed by atoms with van der Waals surface area (Å²) in [4.78, 5) is 13.4. The van der Waals surface area contributed by atoms with Crippen LogP contribution in [0.5, 0.6) is 5.75 Å². The monoisotopic (exact) mass is 390 g/mol. The van der Waals surface area contributed by atoms with Gasteiger partial charge >= 0.3 is 0 Å². The van der Waals surface area contributed by atoms with Gasteiger partial charge in [0.15, 0.2) is 0 Å². The summed E-state index contributed by atoms with van der Waals surface area (Å²) in [5.74, 6) is 3.66. The summed E-state index contributed by atoms with van der Waals surface area (Å²) in [6.07, 6.45) is 10.0. The highest BCUT2D eigenvalue weighted by Gasteiger charge is 2.59. The quantitative estimate of drug-likeness (QED) is 0.643. The molecule has 4 heteroatoms. The van der Waals surface area contributed by atoms with Gasteiger partial charge in [-0.2, -0.15) is 23.5 Å². The van der Waals surface area contributed by atoms with Crippen molar-refractivity contribution >= 4 is 29.3 Å². The minimum Gasteiger partial charge on any atom is -0.497 e. The van der Waals surface area contributed by atoms with Gasteiger partial charge in [-0.05, 0) is 85.6 Å². The van der Waals surface area contributed by atoms with Gasteiger partial charge in [0.05, 0.1) is 11.7 Å². The largest absolute Gasteiger partial charge is 0.497 e. The van der Waals surface area contributed by atoms with Crippen LogP contribution in [0.1, 0.15) is 49.7 Å². The molecule has 2 saturated carbocycles. The van der Waals surface area contributed by atoms with Crippen molar-refractivity contribution in [3.63, 3.8) is 0 Å². The minimum absolute atomic E-state index is 0.0838. The maximum Gasteiger partial charge on any atom is 0.144 e. The van der Waals surface area contributed by atoms with E-state index in [0.717, 1.165) is 25.0 Å². The number of hydrogen-bond donors (Lipinski definition) is 0. The lowest BCUT2D eigenvalue weighted by Gasteiger charge is -2.48. The fourth-order valence-electron chi connectivity index (χ4n) is 6.21. The van der Waals surface area contributed by atoms with Gasteiger partial charge in [-0.15, -0.1) is 0 Å².